The molecule has 5 nitrogen and oxygen atoms in total. The van der Waals surface area contributed by atoms with Crippen molar-refractivity contribution in [2.24, 2.45) is 0 Å². The number of benzene rings is 2. The first-order valence-electron chi connectivity index (χ1n) is 7.50. The Balaban J connectivity index is 1.80. The Morgan fingerprint density at radius 3 is 2.74 bits per heavy atom. The van der Waals surface area contributed by atoms with Gasteiger partial charge in [-0.15, -0.1) is 0 Å². The summed E-state index contributed by atoms with van der Waals surface area (Å²) in [7, 11) is 0. The van der Waals surface area contributed by atoms with E-state index in [0.717, 1.165) is 33.9 Å². The molecule has 2 heterocycles. The van der Waals surface area contributed by atoms with Crippen LogP contribution in [0, 0.1) is 18.3 Å². The lowest BCUT2D eigenvalue weighted by Gasteiger charge is -2.18. The van der Waals surface area contributed by atoms with Gasteiger partial charge < -0.3 is 14.0 Å². The molecule has 1 aliphatic rings. The highest BCUT2D eigenvalue weighted by Gasteiger charge is 2.17. The van der Waals surface area contributed by atoms with Crippen LogP contribution in [0.3, 0.4) is 0 Å². The maximum Gasteiger partial charge on any atom is 0.163 e. The van der Waals surface area contributed by atoms with Crippen LogP contribution < -0.4 is 9.47 Å². The van der Waals surface area contributed by atoms with Gasteiger partial charge >= 0.3 is 0 Å². The Kier molecular flexibility index (Phi) is 3.16. The number of fused-ring (bicyclic) bond motifs is 2. The molecule has 0 bridgehead atoms. The molecule has 0 atom stereocenters. The van der Waals surface area contributed by atoms with Gasteiger partial charge in [0.05, 0.1) is 22.7 Å². The topological polar surface area (TPSA) is 60.1 Å². The van der Waals surface area contributed by atoms with Gasteiger partial charge in [-0.25, -0.2) is 4.98 Å². The maximum atomic E-state index is 9.05. The van der Waals surface area contributed by atoms with E-state index in [1.807, 2.05) is 43.3 Å². The maximum absolute atomic E-state index is 9.05. The van der Waals surface area contributed by atoms with Crippen molar-refractivity contribution in [3.63, 3.8) is 0 Å². The first-order chi connectivity index (χ1) is 11.2. The van der Waals surface area contributed by atoms with Gasteiger partial charge in [-0.1, -0.05) is 12.1 Å². The minimum Gasteiger partial charge on any atom is -0.486 e. The second-order valence-electron chi connectivity index (χ2n) is 5.54. The van der Waals surface area contributed by atoms with Crippen LogP contribution in [-0.2, 0) is 6.54 Å². The molecule has 5 heteroatoms. The molecule has 3 aromatic rings. The third-order valence-corrected chi connectivity index (χ3v) is 4.00. The van der Waals surface area contributed by atoms with Gasteiger partial charge in [0.2, 0.25) is 0 Å². The number of nitriles is 1. The van der Waals surface area contributed by atoms with Gasteiger partial charge in [-0.3, -0.25) is 0 Å². The summed E-state index contributed by atoms with van der Waals surface area (Å²) in [5, 5.41) is 9.05. The number of rotatable bonds is 2. The number of hydrogen-bond acceptors (Lipinski definition) is 4. The smallest absolute Gasteiger partial charge is 0.163 e. The van der Waals surface area contributed by atoms with Crippen LogP contribution in [0.15, 0.2) is 36.4 Å². The van der Waals surface area contributed by atoms with Crippen molar-refractivity contribution in [1.29, 1.82) is 5.26 Å². The molecule has 0 unspecified atom stereocenters. The molecule has 0 spiro atoms. The van der Waals surface area contributed by atoms with Gasteiger partial charge in [0.25, 0.3) is 0 Å². The van der Waals surface area contributed by atoms with Crippen LogP contribution in [0.1, 0.15) is 17.0 Å². The summed E-state index contributed by atoms with van der Waals surface area (Å²) >= 11 is 0. The SMILES string of the molecule is Cc1nc2cc3c(cc2n1Cc1cccc(C#N)c1)OCCO3. The van der Waals surface area contributed by atoms with Crippen molar-refractivity contribution >= 4 is 11.0 Å². The molecule has 23 heavy (non-hydrogen) atoms. The molecule has 2 aromatic carbocycles. The van der Waals surface area contributed by atoms with Crippen LogP contribution >= 0.6 is 0 Å². The number of aryl methyl sites for hydroxylation is 1. The number of aromatic nitrogens is 2. The van der Waals surface area contributed by atoms with E-state index in [4.69, 9.17) is 14.7 Å². The molecule has 4 rings (SSSR count). The van der Waals surface area contributed by atoms with E-state index in [9.17, 15) is 0 Å². The van der Waals surface area contributed by atoms with E-state index in [-0.39, 0.29) is 0 Å². The zero-order chi connectivity index (χ0) is 15.8. The summed E-state index contributed by atoms with van der Waals surface area (Å²) in [4.78, 5) is 4.62. The monoisotopic (exact) mass is 305 g/mol. The third kappa shape index (κ3) is 2.38. The highest BCUT2D eigenvalue weighted by atomic mass is 16.6. The van der Waals surface area contributed by atoms with Crippen molar-refractivity contribution in [1.82, 2.24) is 9.55 Å². The van der Waals surface area contributed by atoms with Crippen molar-refractivity contribution in [3.8, 4) is 17.6 Å². The van der Waals surface area contributed by atoms with Crippen molar-refractivity contribution in [2.45, 2.75) is 13.5 Å². The fourth-order valence-electron chi connectivity index (χ4n) is 2.90. The standard InChI is InChI=1S/C18H15N3O2/c1-12-20-15-8-17-18(23-6-5-22-17)9-16(15)21(12)11-14-4-2-3-13(7-14)10-19/h2-4,7-9H,5-6,11H2,1H3. The van der Waals surface area contributed by atoms with E-state index < -0.39 is 0 Å². The van der Waals surface area contributed by atoms with Gasteiger partial charge in [0.1, 0.15) is 19.0 Å². The van der Waals surface area contributed by atoms with Gasteiger partial charge in [0.15, 0.2) is 11.5 Å². The highest BCUT2D eigenvalue weighted by molar-refractivity contribution is 5.81. The van der Waals surface area contributed by atoms with Crippen molar-refractivity contribution in [3.05, 3.63) is 53.3 Å². The molecule has 0 fully saturated rings. The molecule has 1 aliphatic heterocycles. The zero-order valence-electron chi connectivity index (χ0n) is 12.7. The Morgan fingerprint density at radius 2 is 1.96 bits per heavy atom. The molecule has 0 amide bonds. The van der Waals surface area contributed by atoms with Crippen molar-refractivity contribution in [2.75, 3.05) is 13.2 Å². The molecule has 0 saturated carbocycles. The molecule has 1 aromatic heterocycles. The number of ether oxygens (including phenoxy) is 2. The highest BCUT2D eigenvalue weighted by Crippen LogP contribution is 2.34. The zero-order valence-corrected chi connectivity index (χ0v) is 12.7. The van der Waals surface area contributed by atoms with Gasteiger partial charge in [0, 0.05) is 18.7 Å². The van der Waals surface area contributed by atoms with Gasteiger partial charge in [-0.05, 0) is 24.6 Å². The number of hydrogen-bond donors (Lipinski definition) is 0. The molecule has 0 N–H and O–H groups in total. The van der Waals surface area contributed by atoms with E-state index in [1.54, 1.807) is 0 Å². The minimum absolute atomic E-state index is 0.565. The first-order valence-corrected chi connectivity index (χ1v) is 7.50. The Morgan fingerprint density at radius 1 is 1.17 bits per heavy atom. The predicted octanol–water partition coefficient (Wildman–Crippen LogP) is 3.04. The lowest BCUT2D eigenvalue weighted by Crippen LogP contribution is -2.15. The molecule has 114 valence electrons. The molecule has 0 radical (unpaired) electrons. The van der Waals surface area contributed by atoms with E-state index in [1.165, 1.54) is 0 Å². The molecular weight excluding hydrogens is 290 g/mol. The Labute approximate surface area is 133 Å². The summed E-state index contributed by atoms with van der Waals surface area (Å²) in [6.45, 7) is 3.78. The summed E-state index contributed by atoms with van der Waals surface area (Å²) in [6, 6.07) is 13.7. The Hall–Kier alpha value is -3.00. The first kappa shape index (κ1) is 13.6. The summed E-state index contributed by atoms with van der Waals surface area (Å²) < 4.78 is 13.4. The normalized spacial score (nSPS) is 13.0. The molecule has 0 aliphatic carbocycles. The quantitative estimate of drug-likeness (QED) is 0.730. The lowest BCUT2D eigenvalue weighted by molar-refractivity contribution is 0.172. The average molecular weight is 305 g/mol. The molecule has 0 saturated heterocycles. The summed E-state index contributed by atoms with van der Waals surface area (Å²) in [6.07, 6.45) is 0. The lowest BCUT2D eigenvalue weighted by atomic mass is 10.1. The van der Waals surface area contributed by atoms with Gasteiger partial charge in [-0.2, -0.15) is 5.26 Å². The average Bonchev–Trinajstić information content (AvgIpc) is 2.88. The third-order valence-electron chi connectivity index (χ3n) is 4.00. The predicted molar refractivity (Wildman–Crippen MR) is 85.7 cm³/mol. The number of imidazole rings is 1. The number of nitrogens with zero attached hydrogens (tertiary/aromatic N) is 3. The van der Waals surface area contributed by atoms with Crippen LogP contribution in [0.4, 0.5) is 0 Å². The summed E-state index contributed by atoms with van der Waals surface area (Å²) in [5.74, 6) is 2.43. The molecular formula is C18H15N3O2. The summed E-state index contributed by atoms with van der Waals surface area (Å²) in [5.41, 5.74) is 3.64. The fraction of sp³-hybridized carbons (Fsp3) is 0.222. The second-order valence-corrected chi connectivity index (χ2v) is 5.54. The second kappa shape index (κ2) is 5.33. The van der Waals surface area contributed by atoms with E-state index >= 15 is 0 Å². The van der Waals surface area contributed by atoms with Crippen LogP contribution in [0.2, 0.25) is 0 Å². The van der Waals surface area contributed by atoms with E-state index in [0.29, 0.717) is 25.3 Å². The fourth-order valence-corrected chi connectivity index (χ4v) is 2.90. The van der Waals surface area contributed by atoms with Crippen LogP contribution in [0.25, 0.3) is 11.0 Å². The van der Waals surface area contributed by atoms with Crippen molar-refractivity contribution < 1.29 is 9.47 Å². The van der Waals surface area contributed by atoms with E-state index in [2.05, 4.69) is 15.6 Å². The van der Waals surface area contributed by atoms with Crippen LogP contribution in [0.5, 0.6) is 11.5 Å². The Bertz CT molecular complexity index is 937. The minimum atomic E-state index is 0.565. The van der Waals surface area contributed by atoms with Crippen LogP contribution in [-0.4, -0.2) is 22.8 Å². The largest absolute Gasteiger partial charge is 0.486 e.